The lowest BCUT2D eigenvalue weighted by Gasteiger charge is -2.19. The molecule has 3 heteroatoms. The number of nitrogens with zero attached hydrogens (tertiary/aromatic N) is 1. The van der Waals surface area contributed by atoms with E-state index in [1.807, 2.05) is 42.5 Å². The molecule has 4 rings (SSSR count). The van der Waals surface area contributed by atoms with E-state index in [1.54, 1.807) is 18.2 Å². The zero-order valence-corrected chi connectivity index (χ0v) is 14.2. The Morgan fingerprint density at radius 1 is 0.885 bits per heavy atom. The molecule has 3 nitrogen and oxygen atoms in total. The van der Waals surface area contributed by atoms with E-state index in [1.165, 1.54) is 0 Å². The lowest BCUT2D eigenvalue weighted by molar-refractivity contribution is -0.117. The van der Waals surface area contributed by atoms with Crippen molar-refractivity contribution >= 4 is 11.6 Å². The second-order valence-electron chi connectivity index (χ2n) is 6.61. The maximum atomic E-state index is 13.0. The fraction of sp³-hybridized carbons (Fsp3) is 0.130. The van der Waals surface area contributed by atoms with E-state index in [4.69, 9.17) is 0 Å². The molecule has 1 aliphatic rings. The minimum absolute atomic E-state index is 0.0413. The molecule has 0 spiro atoms. The molecule has 0 unspecified atom stereocenters. The van der Waals surface area contributed by atoms with Crippen LogP contribution in [0, 0.1) is 17.2 Å². The van der Waals surface area contributed by atoms with E-state index in [2.05, 4.69) is 35.7 Å². The van der Waals surface area contributed by atoms with E-state index in [9.17, 15) is 10.1 Å². The average molecular weight is 338 g/mol. The third kappa shape index (κ3) is 2.66. The molecule has 1 atom stereocenters. The van der Waals surface area contributed by atoms with Gasteiger partial charge in [-0.1, -0.05) is 72.8 Å². The first-order chi connectivity index (χ1) is 12.8. The van der Waals surface area contributed by atoms with Crippen LogP contribution in [-0.2, 0) is 10.2 Å². The van der Waals surface area contributed by atoms with Crippen LogP contribution in [0.5, 0.6) is 0 Å². The summed E-state index contributed by atoms with van der Waals surface area (Å²) in [6, 6.07) is 29.6. The normalized spacial score (nSPS) is 17.1. The Bertz CT molecular complexity index is 934. The van der Waals surface area contributed by atoms with Crippen molar-refractivity contribution in [2.75, 3.05) is 5.32 Å². The summed E-state index contributed by atoms with van der Waals surface area (Å²) in [6.07, 6.45) is 0.765. The Labute approximate surface area is 152 Å². The van der Waals surface area contributed by atoms with Crippen LogP contribution in [0.25, 0.3) is 0 Å². The van der Waals surface area contributed by atoms with Crippen LogP contribution in [0.2, 0.25) is 0 Å². The minimum Gasteiger partial charge on any atom is -0.325 e. The van der Waals surface area contributed by atoms with Crippen LogP contribution in [0.1, 0.15) is 23.1 Å². The van der Waals surface area contributed by atoms with Crippen molar-refractivity contribution in [2.24, 2.45) is 5.92 Å². The molecule has 0 heterocycles. The van der Waals surface area contributed by atoms with Gasteiger partial charge in [0.2, 0.25) is 5.91 Å². The van der Waals surface area contributed by atoms with Gasteiger partial charge >= 0.3 is 0 Å². The molecule has 0 bridgehead atoms. The Morgan fingerprint density at radius 2 is 1.42 bits per heavy atom. The van der Waals surface area contributed by atoms with Gasteiger partial charge in [0.25, 0.3) is 0 Å². The second kappa shape index (κ2) is 6.50. The number of nitriles is 1. The topological polar surface area (TPSA) is 52.9 Å². The Morgan fingerprint density at radius 3 is 2.00 bits per heavy atom. The van der Waals surface area contributed by atoms with Crippen molar-refractivity contribution in [1.29, 1.82) is 5.26 Å². The third-order valence-corrected chi connectivity index (χ3v) is 5.16. The first-order valence-electron chi connectivity index (χ1n) is 8.67. The van der Waals surface area contributed by atoms with Gasteiger partial charge in [0, 0.05) is 5.41 Å². The predicted octanol–water partition coefficient (Wildman–Crippen LogP) is 4.50. The standard InChI is InChI=1S/C23H18N2O/c24-16-17-9-7-8-14-21(17)25-22(26)20-15-23(20,18-10-3-1-4-11-18)19-12-5-2-6-13-19/h1-14,20H,15H2,(H,25,26)/t20-/m0/s1. The minimum atomic E-state index is -0.297. The van der Waals surface area contributed by atoms with Crippen LogP contribution in [0.15, 0.2) is 84.9 Å². The second-order valence-corrected chi connectivity index (χ2v) is 6.61. The Hall–Kier alpha value is -3.38. The molecule has 3 aromatic carbocycles. The fourth-order valence-electron chi connectivity index (χ4n) is 3.76. The maximum Gasteiger partial charge on any atom is 0.228 e. The summed E-state index contributed by atoms with van der Waals surface area (Å²) < 4.78 is 0. The van der Waals surface area contributed by atoms with Crippen LogP contribution >= 0.6 is 0 Å². The number of carbonyl (C=O) groups is 1. The zero-order valence-electron chi connectivity index (χ0n) is 14.2. The van der Waals surface area contributed by atoms with Crippen molar-refractivity contribution in [3.63, 3.8) is 0 Å². The lowest BCUT2D eigenvalue weighted by atomic mass is 9.85. The highest BCUT2D eigenvalue weighted by Gasteiger charge is 2.60. The maximum absolute atomic E-state index is 13.0. The Balaban J connectivity index is 1.67. The number of benzene rings is 3. The van der Waals surface area contributed by atoms with Crippen molar-refractivity contribution in [2.45, 2.75) is 11.8 Å². The number of para-hydroxylation sites is 1. The third-order valence-electron chi connectivity index (χ3n) is 5.16. The molecular formula is C23H18N2O. The van der Waals surface area contributed by atoms with E-state index in [0.29, 0.717) is 11.3 Å². The predicted molar refractivity (Wildman–Crippen MR) is 102 cm³/mol. The molecule has 1 aliphatic carbocycles. The molecule has 126 valence electrons. The van der Waals surface area contributed by atoms with Crippen LogP contribution in [-0.4, -0.2) is 5.91 Å². The fourth-order valence-corrected chi connectivity index (χ4v) is 3.76. The molecule has 0 aliphatic heterocycles. The average Bonchev–Trinajstić information content (AvgIpc) is 3.47. The van der Waals surface area contributed by atoms with Crippen molar-refractivity contribution in [3.8, 4) is 6.07 Å². The quantitative estimate of drug-likeness (QED) is 0.761. The van der Waals surface area contributed by atoms with Gasteiger partial charge in [0.15, 0.2) is 0 Å². The number of nitrogens with one attached hydrogen (secondary N) is 1. The van der Waals surface area contributed by atoms with Gasteiger partial charge in [-0.25, -0.2) is 0 Å². The van der Waals surface area contributed by atoms with Gasteiger partial charge < -0.3 is 5.32 Å². The summed E-state index contributed by atoms with van der Waals surface area (Å²) >= 11 is 0. The van der Waals surface area contributed by atoms with E-state index in [-0.39, 0.29) is 17.2 Å². The number of anilines is 1. The van der Waals surface area contributed by atoms with Gasteiger partial charge in [-0.2, -0.15) is 5.26 Å². The summed E-state index contributed by atoms with van der Waals surface area (Å²) in [6.45, 7) is 0. The van der Waals surface area contributed by atoms with Gasteiger partial charge in [-0.15, -0.1) is 0 Å². The van der Waals surface area contributed by atoms with E-state index in [0.717, 1.165) is 17.5 Å². The van der Waals surface area contributed by atoms with Crippen molar-refractivity contribution in [1.82, 2.24) is 0 Å². The molecule has 1 N–H and O–H groups in total. The van der Waals surface area contributed by atoms with Crippen molar-refractivity contribution in [3.05, 3.63) is 102 Å². The zero-order chi connectivity index (χ0) is 18.0. The molecule has 1 fully saturated rings. The Kier molecular flexibility index (Phi) is 4.02. The largest absolute Gasteiger partial charge is 0.325 e. The SMILES string of the molecule is N#Cc1ccccc1NC(=O)[C@@H]1CC1(c1ccccc1)c1ccccc1. The number of hydrogen-bond acceptors (Lipinski definition) is 2. The molecule has 3 aromatic rings. The number of amides is 1. The summed E-state index contributed by atoms with van der Waals surface area (Å²) in [5, 5.41) is 12.2. The summed E-state index contributed by atoms with van der Waals surface area (Å²) in [5.41, 5.74) is 3.06. The lowest BCUT2D eigenvalue weighted by Crippen LogP contribution is -2.22. The van der Waals surface area contributed by atoms with Crippen molar-refractivity contribution < 1.29 is 4.79 Å². The molecule has 1 amide bonds. The molecule has 0 saturated heterocycles. The van der Waals surface area contributed by atoms with Crippen LogP contribution in [0.4, 0.5) is 5.69 Å². The van der Waals surface area contributed by atoms with Gasteiger partial charge in [0.05, 0.1) is 17.2 Å². The molecule has 1 saturated carbocycles. The number of hydrogen-bond donors (Lipinski definition) is 1. The highest BCUT2D eigenvalue weighted by molar-refractivity contribution is 5.98. The van der Waals surface area contributed by atoms with E-state index < -0.39 is 0 Å². The first-order valence-corrected chi connectivity index (χ1v) is 8.67. The number of rotatable bonds is 4. The molecular weight excluding hydrogens is 320 g/mol. The van der Waals surface area contributed by atoms with Crippen LogP contribution in [0.3, 0.4) is 0 Å². The molecule has 0 aromatic heterocycles. The van der Waals surface area contributed by atoms with Gasteiger partial charge in [0.1, 0.15) is 6.07 Å². The monoisotopic (exact) mass is 338 g/mol. The molecule has 26 heavy (non-hydrogen) atoms. The molecule has 0 radical (unpaired) electrons. The summed E-state index contributed by atoms with van der Waals surface area (Å²) in [5.74, 6) is -0.195. The van der Waals surface area contributed by atoms with Gasteiger partial charge in [-0.3, -0.25) is 4.79 Å². The van der Waals surface area contributed by atoms with Gasteiger partial charge in [-0.05, 0) is 29.7 Å². The summed E-state index contributed by atoms with van der Waals surface area (Å²) in [7, 11) is 0. The smallest absolute Gasteiger partial charge is 0.228 e. The van der Waals surface area contributed by atoms with E-state index >= 15 is 0 Å². The van der Waals surface area contributed by atoms with Crippen LogP contribution < -0.4 is 5.32 Å². The number of carbonyl (C=O) groups excluding carboxylic acids is 1. The highest BCUT2D eigenvalue weighted by Crippen LogP contribution is 2.59. The first kappa shape index (κ1) is 16.1. The highest BCUT2D eigenvalue weighted by atomic mass is 16.2. The summed E-state index contributed by atoms with van der Waals surface area (Å²) in [4.78, 5) is 13.0.